The van der Waals surface area contributed by atoms with E-state index >= 15 is 0 Å². The minimum absolute atomic E-state index is 0.405. The number of aromatic nitrogens is 2. The Morgan fingerprint density at radius 2 is 2.33 bits per heavy atom. The van der Waals surface area contributed by atoms with Crippen LogP contribution in [-0.4, -0.2) is 9.55 Å². The second-order valence-corrected chi connectivity index (χ2v) is 3.75. The van der Waals surface area contributed by atoms with Crippen molar-refractivity contribution >= 4 is 33.5 Å². The van der Waals surface area contributed by atoms with Crippen LogP contribution >= 0.6 is 22.6 Å². The van der Waals surface area contributed by atoms with E-state index in [9.17, 15) is 4.39 Å². The highest BCUT2D eigenvalue weighted by atomic mass is 127. The fourth-order valence-corrected chi connectivity index (χ4v) is 1.80. The van der Waals surface area contributed by atoms with Gasteiger partial charge in [0.2, 0.25) is 5.95 Å². The Balaban J connectivity index is 2.98. The molecule has 0 spiro atoms. The van der Waals surface area contributed by atoms with Crippen molar-refractivity contribution in [2.75, 3.05) is 0 Å². The molecule has 0 aliphatic heterocycles. The first-order chi connectivity index (χ1) is 5.70. The lowest BCUT2D eigenvalue weighted by Crippen LogP contribution is -1.92. The summed E-state index contributed by atoms with van der Waals surface area (Å²) < 4.78 is 15.8. The van der Waals surface area contributed by atoms with Gasteiger partial charge in [0, 0.05) is 28.4 Å². The molecule has 0 unspecified atom stereocenters. The molecule has 12 heavy (non-hydrogen) atoms. The minimum Gasteiger partial charge on any atom is -0.347 e. The molecule has 0 N–H and O–H groups in total. The number of fused-ring (bicyclic) bond motifs is 1. The van der Waals surface area contributed by atoms with Crippen molar-refractivity contribution in [3.05, 3.63) is 28.0 Å². The normalized spacial score (nSPS) is 10.9. The largest absolute Gasteiger partial charge is 0.347 e. The molecule has 0 aliphatic carbocycles. The molecule has 0 fully saturated rings. The van der Waals surface area contributed by atoms with Crippen LogP contribution in [0.5, 0.6) is 0 Å². The third-order valence-corrected chi connectivity index (χ3v) is 2.68. The molecule has 2 aromatic rings. The standard InChI is InChI=1S/C8H6FIN2/c1-12-3-2-5-6(10)4-11-8(9)7(5)12/h2-4H,1H3. The Kier molecular flexibility index (Phi) is 1.79. The number of nitrogens with zero attached hydrogens (tertiary/aromatic N) is 2. The van der Waals surface area contributed by atoms with E-state index in [1.165, 1.54) is 6.20 Å². The van der Waals surface area contributed by atoms with Gasteiger partial charge in [-0.1, -0.05) is 0 Å². The molecule has 2 nitrogen and oxygen atoms in total. The van der Waals surface area contributed by atoms with Gasteiger partial charge >= 0.3 is 0 Å². The topological polar surface area (TPSA) is 17.8 Å². The second kappa shape index (κ2) is 2.69. The smallest absolute Gasteiger partial charge is 0.237 e. The van der Waals surface area contributed by atoms with Crippen LogP contribution < -0.4 is 0 Å². The van der Waals surface area contributed by atoms with Gasteiger partial charge in [0.1, 0.15) is 5.52 Å². The maximum absolute atomic E-state index is 13.1. The van der Waals surface area contributed by atoms with Gasteiger partial charge in [0.25, 0.3) is 0 Å². The number of halogens is 2. The molecule has 0 bridgehead atoms. The number of hydrogen-bond donors (Lipinski definition) is 0. The van der Waals surface area contributed by atoms with Crippen molar-refractivity contribution in [1.29, 1.82) is 0 Å². The number of rotatable bonds is 0. The van der Waals surface area contributed by atoms with E-state index in [4.69, 9.17) is 0 Å². The third kappa shape index (κ3) is 1.01. The van der Waals surface area contributed by atoms with Crippen LogP contribution in [-0.2, 0) is 7.05 Å². The molecule has 0 amide bonds. The molecule has 0 saturated carbocycles. The van der Waals surface area contributed by atoms with Crippen LogP contribution in [0.3, 0.4) is 0 Å². The van der Waals surface area contributed by atoms with Gasteiger partial charge in [-0.05, 0) is 28.7 Å². The summed E-state index contributed by atoms with van der Waals surface area (Å²) in [5.74, 6) is -0.405. The SMILES string of the molecule is Cn1ccc2c(I)cnc(F)c21. The monoisotopic (exact) mass is 276 g/mol. The summed E-state index contributed by atoms with van der Waals surface area (Å²) >= 11 is 2.15. The van der Waals surface area contributed by atoms with Gasteiger partial charge in [-0.15, -0.1) is 0 Å². The quantitative estimate of drug-likeness (QED) is 0.533. The van der Waals surface area contributed by atoms with Crippen LogP contribution in [0.2, 0.25) is 0 Å². The molecule has 2 heterocycles. The lowest BCUT2D eigenvalue weighted by molar-refractivity contribution is 0.589. The Bertz CT molecular complexity index is 436. The van der Waals surface area contributed by atoms with E-state index in [0.717, 1.165) is 8.96 Å². The molecule has 2 aromatic heterocycles. The van der Waals surface area contributed by atoms with Gasteiger partial charge in [-0.2, -0.15) is 4.39 Å². The van der Waals surface area contributed by atoms with E-state index in [-0.39, 0.29) is 0 Å². The average molecular weight is 276 g/mol. The van der Waals surface area contributed by atoms with E-state index in [0.29, 0.717) is 5.52 Å². The Labute approximate surface area is 82.5 Å². The first-order valence-electron chi connectivity index (χ1n) is 3.45. The molecule has 0 saturated heterocycles. The Morgan fingerprint density at radius 1 is 1.58 bits per heavy atom. The lowest BCUT2D eigenvalue weighted by Gasteiger charge is -1.97. The van der Waals surface area contributed by atoms with Crippen molar-refractivity contribution in [2.45, 2.75) is 0 Å². The summed E-state index contributed by atoms with van der Waals surface area (Å²) in [5, 5.41) is 0.922. The molecule has 0 atom stereocenters. The molecule has 0 aromatic carbocycles. The fraction of sp³-hybridized carbons (Fsp3) is 0.125. The summed E-state index contributed by atoms with van der Waals surface area (Å²) in [4.78, 5) is 3.64. The van der Waals surface area contributed by atoms with Crippen LogP contribution in [0.25, 0.3) is 10.9 Å². The van der Waals surface area contributed by atoms with Crippen molar-refractivity contribution in [3.8, 4) is 0 Å². The molecular weight excluding hydrogens is 270 g/mol. The van der Waals surface area contributed by atoms with Crippen molar-refractivity contribution in [3.63, 3.8) is 0 Å². The zero-order chi connectivity index (χ0) is 8.72. The zero-order valence-corrected chi connectivity index (χ0v) is 8.54. The molecular formula is C8H6FIN2. The maximum atomic E-state index is 13.1. The highest BCUT2D eigenvalue weighted by molar-refractivity contribution is 14.1. The van der Waals surface area contributed by atoms with Crippen LogP contribution in [0.1, 0.15) is 0 Å². The molecule has 0 aliphatic rings. The van der Waals surface area contributed by atoms with Gasteiger partial charge in [-0.25, -0.2) is 4.98 Å². The maximum Gasteiger partial charge on any atom is 0.237 e. The number of aryl methyl sites for hydroxylation is 1. The third-order valence-electron chi connectivity index (χ3n) is 1.82. The number of hydrogen-bond acceptors (Lipinski definition) is 1. The first kappa shape index (κ1) is 7.97. The van der Waals surface area contributed by atoms with Gasteiger partial charge in [0.15, 0.2) is 0 Å². The summed E-state index contributed by atoms with van der Waals surface area (Å²) in [6.07, 6.45) is 3.37. The summed E-state index contributed by atoms with van der Waals surface area (Å²) in [5.41, 5.74) is 0.571. The van der Waals surface area contributed by atoms with E-state index < -0.39 is 5.95 Å². The van der Waals surface area contributed by atoms with Gasteiger partial charge in [-0.3, -0.25) is 0 Å². The predicted octanol–water partition coefficient (Wildman–Crippen LogP) is 2.32. The first-order valence-corrected chi connectivity index (χ1v) is 4.53. The van der Waals surface area contributed by atoms with Crippen LogP contribution in [0.4, 0.5) is 4.39 Å². The highest BCUT2D eigenvalue weighted by Gasteiger charge is 2.07. The number of pyridine rings is 1. The summed E-state index contributed by atoms with van der Waals surface area (Å²) in [6, 6.07) is 1.89. The molecule has 4 heteroatoms. The van der Waals surface area contributed by atoms with Crippen molar-refractivity contribution in [1.82, 2.24) is 9.55 Å². The molecule has 0 radical (unpaired) electrons. The molecule has 62 valence electrons. The minimum atomic E-state index is -0.405. The van der Waals surface area contributed by atoms with Crippen molar-refractivity contribution in [2.24, 2.45) is 7.05 Å². The van der Waals surface area contributed by atoms with E-state index in [1.807, 2.05) is 19.3 Å². The van der Waals surface area contributed by atoms with Crippen molar-refractivity contribution < 1.29 is 4.39 Å². The lowest BCUT2D eigenvalue weighted by atomic mass is 10.3. The Morgan fingerprint density at radius 3 is 3.00 bits per heavy atom. The second-order valence-electron chi connectivity index (χ2n) is 2.59. The average Bonchev–Trinajstić information content (AvgIpc) is 2.42. The zero-order valence-electron chi connectivity index (χ0n) is 6.38. The fourth-order valence-electron chi connectivity index (χ4n) is 1.22. The van der Waals surface area contributed by atoms with E-state index in [2.05, 4.69) is 27.6 Å². The van der Waals surface area contributed by atoms with Gasteiger partial charge in [0.05, 0.1) is 0 Å². The Hall–Kier alpha value is -0.650. The summed E-state index contributed by atoms with van der Waals surface area (Å²) in [6.45, 7) is 0. The predicted molar refractivity (Wildman–Crippen MR) is 53.4 cm³/mol. The van der Waals surface area contributed by atoms with E-state index in [1.54, 1.807) is 4.57 Å². The highest BCUT2D eigenvalue weighted by Crippen LogP contribution is 2.21. The summed E-state index contributed by atoms with van der Waals surface area (Å²) in [7, 11) is 1.81. The molecule has 2 rings (SSSR count). The van der Waals surface area contributed by atoms with Crippen LogP contribution in [0, 0.1) is 9.52 Å². The van der Waals surface area contributed by atoms with Gasteiger partial charge < -0.3 is 4.57 Å². The van der Waals surface area contributed by atoms with Crippen LogP contribution in [0.15, 0.2) is 18.5 Å².